The molecule has 0 heterocycles. The zero-order valence-corrected chi connectivity index (χ0v) is 21.0. The van der Waals surface area contributed by atoms with Gasteiger partial charge < -0.3 is 10.2 Å². The predicted molar refractivity (Wildman–Crippen MR) is 133 cm³/mol. The Hall–Kier alpha value is -2.10. The maximum atomic E-state index is 12.6. The molecule has 0 aromatic rings. The summed E-state index contributed by atoms with van der Waals surface area (Å²) in [6.07, 6.45) is 12.7. The first kappa shape index (κ1) is 22.7. The summed E-state index contributed by atoms with van der Waals surface area (Å²) in [6.45, 7) is 13.3. The van der Waals surface area contributed by atoms with Gasteiger partial charge in [-0.3, -0.25) is 9.59 Å². The largest absolute Gasteiger partial charge is 0.504 e. The van der Waals surface area contributed by atoms with Crippen LogP contribution in [0.5, 0.6) is 0 Å². The van der Waals surface area contributed by atoms with Crippen molar-refractivity contribution in [3.63, 3.8) is 0 Å². The van der Waals surface area contributed by atoms with Crippen LogP contribution in [0.15, 0.2) is 46.3 Å². The Morgan fingerprint density at radius 3 is 2.33 bits per heavy atom. The van der Waals surface area contributed by atoms with Gasteiger partial charge in [0.15, 0.2) is 5.76 Å². The SMILES string of the molecule is CC1=C(O)C(=O)C=C2C1=CC=C1[C@]2(C)CC[C@]2(C)C3C[C@@](C)(C(=O)O)CC[C@@]3(C)CC[C@@]12C.[HH].[HH]. The number of hydrogen-bond acceptors (Lipinski definition) is 3. The van der Waals surface area contributed by atoms with E-state index in [1.54, 1.807) is 6.08 Å². The van der Waals surface area contributed by atoms with Crippen LogP contribution in [0.3, 0.4) is 0 Å². The molecule has 0 spiro atoms. The van der Waals surface area contributed by atoms with E-state index in [0.29, 0.717) is 11.5 Å². The molecule has 33 heavy (non-hydrogen) atoms. The summed E-state index contributed by atoms with van der Waals surface area (Å²) in [5.41, 5.74) is 3.33. The zero-order chi connectivity index (χ0) is 24.2. The minimum absolute atomic E-state index is 0. The number of carboxylic acid groups (broad SMARTS) is 1. The van der Waals surface area contributed by atoms with Crippen molar-refractivity contribution in [1.29, 1.82) is 0 Å². The van der Waals surface area contributed by atoms with E-state index in [4.69, 9.17) is 0 Å². The third-order valence-electron chi connectivity index (χ3n) is 11.4. The van der Waals surface area contributed by atoms with Crippen molar-refractivity contribution >= 4 is 11.8 Å². The van der Waals surface area contributed by atoms with Crippen molar-refractivity contribution in [2.24, 2.45) is 33.0 Å². The highest BCUT2D eigenvalue weighted by Gasteiger charge is 2.67. The summed E-state index contributed by atoms with van der Waals surface area (Å²) in [7, 11) is 0. The van der Waals surface area contributed by atoms with Crippen molar-refractivity contribution in [2.75, 3.05) is 0 Å². The van der Waals surface area contributed by atoms with E-state index < -0.39 is 11.4 Å². The smallest absolute Gasteiger partial charge is 0.309 e. The van der Waals surface area contributed by atoms with E-state index in [1.807, 2.05) is 13.8 Å². The van der Waals surface area contributed by atoms with Gasteiger partial charge in [0.2, 0.25) is 5.78 Å². The van der Waals surface area contributed by atoms with Crippen LogP contribution in [0.1, 0.15) is 89.3 Å². The number of fused-ring (bicyclic) bond motifs is 7. The van der Waals surface area contributed by atoms with Crippen molar-refractivity contribution in [2.45, 2.75) is 86.5 Å². The molecule has 182 valence electrons. The number of carboxylic acids is 1. The first-order chi connectivity index (χ1) is 15.2. The van der Waals surface area contributed by atoms with E-state index in [2.05, 4.69) is 39.8 Å². The summed E-state index contributed by atoms with van der Waals surface area (Å²) >= 11 is 0. The van der Waals surface area contributed by atoms with E-state index in [9.17, 15) is 19.8 Å². The number of ketones is 1. The Morgan fingerprint density at radius 1 is 1.00 bits per heavy atom. The van der Waals surface area contributed by atoms with Crippen LogP contribution < -0.4 is 0 Å². The summed E-state index contributed by atoms with van der Waals surface area (Å²) in [6, 6.07) is 0. The molecule has 3 saturated carbocycles. The van der Waals surface area contributed by atoms with Gasteiger partial charge in [0, 0.05) is 13.8 Å². The first-order valence-electron chi connectivity index (χ1n) is 12.6. The molecule has 1 unspecified atom stereocenters. The van der Waals surface area contributed by atoms with Crippen molar-refractivity contribution in [3.8, 4) is 0 Å². The molecule has 0 saturated heterocycles. The van der Waals surface area contributed by atoms with Gasteiger partial charge in [-0.25, -0.2) is 0 Å². The fourth-order valence-electron chi connectivity index (χ4n) is 8.65. The molecular formula is C29H42O4. The van der Waals surface area contributed by atoms with Gasteiger partial charge >= 0.3 is 5.97 Å². The maximum Gasteiger partial charge on any atom is 0.309 e. The highest BCUT2D eigenvalue weighted by molar-refractivity contribution is 6.06. The third kappa shape index (κ3) is 2.64. The summed E-state index contributed by atoms with van der Waals surface area (Å²) in [4.78, 5) is 24.8. The third-order valence-corrected chi connectivity index (χ3v) is 11.4. The Balaban J connectivity index is 0.00000171. The molecular weight excluding hydrogens is 412 g/mol. The van der Waals surface area contributed by atoms with E-state index in [0.717, 1.165) is 56.1 Å². The van der Waals surface area contributed by atoms with Gasteiger partial charge in [0.25, 0.3) is 0 Å². The van der Waals surface area contributed by atoms with E-state index in [-0.39, 0.29) is 36.1 Å². The minimum atomic E-state index is -0.655. The zero-order valence-electron chi connectivity index (χ0n) is 21.0. The molecule has 3 fully saturated rings. The second-order valence-corrected chi connectivity index (χ2v) is 12.9. The predicted octanol–water partition coefficient (Wildman–Crippen LogP) is 7.19. The molecule has 5 rings (SSSR count). The molecule has 4 nitrogen and oxygen atoms in total. The Kier molecular flexibility index (Phi) is 4.48. The molecule has 5 aliphatic carbocycles. The number of carbonyl (C=O) groups is 2. The normalized spacial score (nSPS) is 46.8. The van der Waals surface area contributed by atoms with Gasteiger partial charge in [-0.15, -0.1) is 0 Å². The molecule has 0 aromatic heterocycles. The van der Waals surface area contributed by atoms with Crippen LogP contribution in [0, 0.1) is 33.0 Å². The molecule has 0 aliphatic heterocycles. The van der Waals surface area contributed by atoms with Crippen molar-refractivity contribution in [1.82, 2.24) is 0 Å². The van der Waals surface area contributed by atoms with Crippen LogP contribution in [-0.2, 0) is 9.59 Å². The average Bonchev–Trinajstić information content (AvgIpc) is 2.75. The lowest BCUT2D eigenvalue weighted by molar-refractivity contribution is -0.178. The molecule has 6 atom stereocenters. The van der Waals surface area contributed by atoms with Gasteiger partial charge in [0.1, 0.15) is 0 Å². The molecule has 5 aliphatic rings. The Bertz CT molecular complexity index is 1120. The standard InChI is InChI=1S/C29H38O4.2H2/c1-17-18-7-8-21-27(4,19(18)15-20(30)23(17)31)12-14-29(6)22-16-26(3,24(32)33)10-9-25(22,2)11-13-28(21,29)5;;/h7-8,15,22,31H,9-14,16H2,1-6H3,(H,32,33);2*1H/t22?,25-,26-,27+,28-,29+;;/m0../s1. The Labute approximate surface area is 200 Å². The number of aliphatic hydroxyl groups is 1. The fraction of sp³-hybridized carbons (Fsp3) is 0.655. The van der Waals surface area contributed by atoms with Crippen LogP contribution in [0.25, 0.3) is 0 Å². The van der Waals surface area contributed by atoms with Gasteiger partial charge in [-0.05, 0) is 98.2 Å². The number of allylic oxidation sites excluding steroid dienone is 7. The topological polar surface area (TPSA) is 74.6 Å². The Morgan fingerprint density at radius 2 is 1.67 bits per heavy atom. The van der Waals surface area contributed by atoms with Gasteiger partial charge in [0.05, 0.1) is 5.41 Å². The fourth-order valence-corrected chi connectivity index (χ4v) is 8.65. The summed E-state index contributed by atoms with van der Waals surface area (Å²) < 4.78 is 0. The van der Waals surface area contributed by atoms with E-state index in [1.165, 1.54) is 5.57 Å². The lowest BCUT2D eigenvalue weighted by Crippen LogP contribution is -2.62. The number of rotatable bonds is 1. The molecule has 0 radical (unpaired) electrons. The second-order valence-electron chi connectivity index (χ2n) is 12.9. The van der Waals surface area contributed by atoms with Crippen molar-refractivity contribution in [3.05, 3.63) is 46.3 Å². The summed E-state index contributed by atoms with van der Waals surface area (Å²) in [5, 5.41) is 20.3. The summed E-state index contributed by atoms with van der Waals surface area (Å²) in [5.74, 6) is -0.734. The molecule has 0 bridgehead atoms. The average molecular weight is 455 g/mol. The highest BCUT2D eigenvalue weighted by atomic mass is 16.4. The molecule has 2 N–H and O–H groups in total. The van der Waals surface area contributed by atoms with Crippen molar-refractivity contribution < 1.29 is 22.7 Å². The number of aliphatic carboxylic acids is 1. The lowest BCUT2D eigenvalue weighted by Gasteiger charge is -2.70. The van der Waals surface area contributed by atoms with Crippen LogP contribution in [0.4, 0.5) is 0 Å². The maximum absolute atomic E-state index is 12.6. The monoisotopic (exact) mass is 454 g/mol. The van der Waals surface area contributed by atoms with Crippen LogP contribution in [-0.4, -0.2) is 22.0 Å². The second kappa shape index (κ2) is 6.52. The van der Waals surface area contributed by atoms with Crippen LogP contribution in [0.2, 0.25) is 0 Å². The van der Waals surface area contributed by atoms with E-state index >= 15 is 0 Å². The first-order valence-corrected chi connectivity index (χ1v) is 12.6. The van der Waals surface area contributed by atoms with Crippen LogP contribution >= 0.6 is 0 Å². The molecule has 4 heteroatoms. The van der Waals surface area contributed by atoms with Gasteiger partial charge in [-0.2, -0.15) is 0 Å². The molecule has 0 amide bonds. The quantitative estimate of drug-likeness (QED) is 0.440. The highest BCUT2D eigenvalue weighted by Crippen LogP contribution is 2.75. The number of aliphatic hydroxyl groups excluding tert-OH is 1. The minimum Gasteiger partial charge on any atom is -0.504 e. The number of hydrogen-bond donors (Lipinski definition) is 2. The van der Waals surface area contributed by atoms with Gasteiger partial charge in [-0.1, -0.05) is 45.4 Å². The lowest BCUT2D eigenvalue weighted by atomic mass is 9.34. The number of carbonyl (C=O) groups excluding carboxylic acids is 1. The molecule has 0 aromatic carbocycles.